The predicted octanol–water partition coefficient (Wildman–Crippen LogP) is 0.905. The predicted molar refractivity (Wildman–Crippen MR) is 65.1 cm³/mol. The molecule has 1 saturated carbocycles. The van der Waals surface area contributed by atoms with Crippen LogP contribution in [0.3, 0.4) is 0 Å². The van der Waals surface area contributed by atoms with E-state index in [0.29, 0.717) is 28.5 Å². The first-order chi connectivity index (χ1) is 8.70. The van der Waals surface area contributed by atoms with E-state index in [4.69, 9.17) is 10.3 Å². The van der Waals surface area contributed by atoms with Gasteiger partial charge in [0.1, 0.15) is 5.82 Å². The minimum Gasteiger partial charge on any atom is -0.383 e. The summed E-state index contributed by atoms with van der Waals surface area (Å²) in [6, 6.07) is 1.24. The van der Waals surface area contributed by atoms with Gasteiger partial charge in [0, 0.05) is 12.0 Å². The van der Waals surface area contributed by atoms with Gasteiger partial charge in [0.2, 0.25) is 5.89 Å². The first kappa shape index (κ1) is 11.3. The zero-order chi connectivity index (χ0) is 12.5. The Hall–Kier alpha value is -1.83. The van der Waals surface area contributed by atoms with E-state index in [0.717, 1.165) is 12.8 Å². The molecular weight excluding hydrogens is 254 g/mol. The molecule has 2 heterocycles. The summed E-state index contributed by atoms with van der Waals surface area (Å²) in [6.07, 6.45) is 2.25. The molecule has 0 spiro atoms. The summed E-state index contributed by atoms with van der Waals surface area (Å²) in [4.78, 5) is 22.1. The van der Waals surface area contributed by atoms with Gasteiger partial charge in [0.15, 0.2) is 11.0 Å². The van der Waals surface area contributed by atoms with Gasteiger partial charge in [-0.2, -0.15) is 4.98 Å². The standard InChI is InChI=1S/C10H11N5O2S/c11-6-3-8(16)14-10(12-6)18-4-7-13-9(17-15-7)5-1-2-5/h3,5H,1-2,4H2,(H3,11,12,14,16). The number of H-pyrrole nitrogens is 1. The van der Waals surface area contributed by atoms with Gasteiger partial charge >= 0.3 is 0 Å². The summed E-state index contributed by atoms with van der Waals surface area (Å²) in [5, 5.41) is 4.34. The normalized spacial score (nSPS) is 14.9. The molecule has 0 radical (unpaired) electrons. The Morgan fingerprint density at radius 3 is 3.06 bits per heavy atom. The van der Waals surface area contributed by atoms with Crippen LogP contribution in [0.25, 0.3) is 0 Å². The van der Waals surface area contributed by atoms with Crippen LogP contribution in [-0.2, 0) is 5.75 Å². The van der Waals surface area contributed by atoms with Crippen LogP contribution >= 0.6 is 11.8 Å². The van der Waals surface area contributed by atoms with Gasteiger partial charge in [-0.25, -0.2) is 4.98 Å². The number of thioether (sulfide) groups is 1. The molecule has 0 bridgehead atoms. The van der Waals surface area contributed by atoms with E-state index in [1.807, 2.05) is 0 Å². The fourth-order valence-corrected chi connectivity index (χ4v) is 2.20. The second-order valence-corrected chi connectivity index (χ2v) is 5.05. The van der Waals surface area contributed by atoms with Crippen LogP contribution in [-0.4, -0.2) is 20.1 Å². The van der Waals surface area contributed by atoms with Crippen LogP contribution in [0.1, 0.15) is 30.5 Å². The number of nitrogens with one attached hydrogen (secondary N) is 1. The number of hydrogen-bond acceptors (Lipinski definition) is 7. The Kier molecular flexibility index (Phi) is 2.78. The largest absolute Gasteiger partial charge is 0.383 e. The SMILES string of the molecule is Nc1cc(=O)[nH]c(SCc2noc(C3CC3)n2)n1. The molecule has 0 amide bonds. The zero-order valence-electron chi connectivity index (χ0n) is 9.42. The maximum Gasteiger partial charge on any atom is 0.253 e. The molecular formula is C10H11N5O2S. The molecule has 1 fully saturated rings. The Labute approximate surface area is 106 Å². The number of nitrogens with two attached hydrogens (primary N) is 1. The fraction of sp³-hybridized carbons (Fsp3) is 0.400. The van der Waals surface area contributed by atoms with Crippen molar-refractivity contribution in [2.45, 2.75) is 29.7 Å². The molecule has 0 unspecified atom stereocenters. The first-order valence-electron chi connectivity index (χ1n) is 5.53. The van der Waals surface area contributed by atoms with Crippen molar-refractivity contribution in [2.24, 2.45) is 0 Å². The molecule has 8 heteroatoms. The van der Waals surface area contributed by atoms with Crippen molar-refractivity contribution in [1.29, 1.82) is 0 Å². The number of hydrogen-bond donors (Lipinski definition) is 2. The van der Waals surface area contributed by atoms with Gasteiger partial charge in [0.25, 0.3) is 5.56 Å². The lowest BCUT2D eigenvalue weighted by Crippen LogP contribution is -2.09. The molecule has 94 valence electrons. The maximum absolute atomic E-state index is 11.2. The molecule has 7 nitrogen and oxygen atoms in total. The summed E-state index contributed by atoms with van der Waals surface area (Å²) in [5.41, 5.74) is 5.22. The molecule has 0 saturated heterocycles. The molecule has 18 heavy (non-hydrogen) atoms. The number of nitrogens with zero attached hydrogens (tertiary/aromatic N) is 3. The van der Waals surface area contributed by atoms with Crippen LogP contribution in [0.15, 0.2) is 20.5 Å². The van der Waals surface area contributed by atoms with Gasteiger partial charge in [-0.3, -0.25) is 4.79 Å². The van der Waals surface area contributed by atoms with Gasteiger partial charge < -0.3 is 15.2 Å². The van der Waals surface area contributed by atoms with Crippen LogP contribution in [0, 0.1) is 0 Å². The summed E-state index contributed by atoms with van der Waals surface area (Å²) in [6.45, 7) is 0. The molecule has 2 aromatic heterocycles. The molecule has 0 atom stereocenters. The quantitative estimate of drug-likeness (QED) is 0.624. The Bertz CT molecular complexity index is 619. The van der Waals surface area contributed by atoms with Crippen LogP contribution in [0.2, 0.25) is 0 Å². The second-order valence-electron chi connectivity index (χ2n) is 4.09. The number of nitrogen functional groups attached to an aromatic ring is 1. The average molecular weight is 265 g/mol. The highest BCUT2D eigenvalue weighted by molar-refractivity contribution is 7.98. The monoisotopic (exact) mass is 265 g/mol. The average Bonchev–Trinajstić information content (AvgIpc) is 3.05. The molecule has 1 aliphatic rings. The molecule has 0 aromatic carbocycles. The van der Waals surface area contributed by atoms with Crippen molar-refractivity contribution in [1.82, 2.24) is 20.1 Å². The summed E-state index contributed by atoms with van der Waals surface area (Å²) < 4.78 is 5.13. The van der Waals surface area contributed by atoms with Crippen molar-refractivity contribution < 1.29 is 4.52 Å². The second kappa shape index (κ2) is 4.45. The number of aromatic nitrogens is 4. The Morgan fingerprint density at radius 1 is 1.50 bits per heavy atom. The topological polar surface area (TPSA) is 111 Å². The summed E-state index contributed by atoms with van der Waals surface area (Å²) in [7, 11) is 0. The van der Waals surface area contributed by atoms with E-state index in [1.165, 1.54) is 17.8 Å². The smallest absolute Gasteiger partial charge is 0.253 e. The van der Waals surface area contributed by atoms with Crippen molar-refractivity contribution >= 4 is 17.6 Å². The zero-order valence-corrected chi connectivity index (χ0v) is 10.2. The van der Waals surface area contributed by atoms with Crippen molar-refractivity contribution in [3.8, 4) is 0 Å². The van der Waals surface area contributed by atoms with E-state index in [1.54, 1.807) is 0 Å². The first-order valence-corrected chi connectivity index (χ1v) is 6.51. The van der Waals surface area contributed by atoms with E-state index in [9.17, 15) is 4.79 Å². The summed E-state index contributed by atoms with van der Waals surface area (Å²) >= 11 is 1.32. The fourth-order valence-electron chi connectivity index (χ4n) is 1.48. The van der Waals surface area contributed by atoms with Gasteiger partial charge in [-0.05, 0) is 12.8 Å². The van der Waals surface area contributed by atoms with Gasteiger partial charge in [-0.1, -0.05) is 16.9 Å². The Balaban J connectivity index is 1.67. The lowest BCUT2D eigenvalue weighted by atomic mass is 10.4. The van der Waals surface area contributed by atoms with Crippen molar-refractivity contribution in [2.75, 3.05) is 5.73 Å². The maximum atomic E-state index is 11.2. The number of rotatable bonds is 4. The third kappa shape index (κ3) is 2.53. The van der Waals surface area contributed by atoms with Crippen molar-refractivity contribution in [3.05, 3.63) is 28.1 Å². The minimum atomic E-state index is -0.267. The molecule has 3 rings (SSSR count). The minimum absolute atomic E-state index is 0.202. The van der Waals surface area contributed by atoms with Crippen LogP contribution in [0.4, 0.5) is 5.82 Å². The molecule has 2 aromatic rings. The van der Waals surface area contributed by atoms with Gasteiger partial charge in [0.05, 0.1) is 5.75 Å². The van der Waals surface area contributed by atoms with Crippen LogP contribution < -0.4 is 11.3 Å². The number of anilines is 1. The van der Waals surface area contributed by atoms with Gasteiger partial charge in [-0.15, -0.1) is 0 Å². The highest BCUT2D eigenvalue weighted by Crippen LogP contribution is 2.39. The van der Waals surface area contributed by atoms with E-state index in [-0.39, 0.29) is 11.4 Å². The third-order valence-corrected chi connectivity index (χ3v) is 3.36. The highest BCUT2D eigenvalue weighted by Gasteiger charge is 2.29. The lowest BCUT2D eigenvalue weighted by molar-refractivity contribution is 0.375. The van der Waals surface area contributed by atoms with E-state index in [2.05, 4.69) is 20.1 Å². The molecule has 0 aliphatic heterocycles. The highest BCUT2D eigenvalue weighted by atomic mass is 32.2. The van der Waals surface area contributed by atoms with Crippen LogP contribution in [0.5, 0.6) is 0 Å². The van der Waals surface area contributed by atoms with E-state index >= 15 is 0 Å². The van der Waals surface area contributed by atoms with Crippen molar-refractivity contribution in [3.63, 3.8) is 0 Å². The molecule has 3 N–H and O–H groups in total. The van der Waals surface area contributed by atoms with E-state index < -0.39 is 0 Å². The Morgan fingerprint density at radius 2 is 2.33 bits per heavy atom. The summed E-state index contributed by atoms with van der Waals surface area (Å²) in [5.74, 6) is 2.45. The molecule has 1 aliphatic carbocycles. The number of aromatic amines is 1. The lowest BCUT2D eigenvalue weighted by Gasteiger charge is -1.98. The third-order valence-electron chi connectivity index (χ3n) is 2.49.